The minimum Gasteiger partial charge on any atom is -0.497 e. The maximum Gasteiger partial charge on any atom is 0.171 e. The predicted octanol–water partition coefficient (Wildman–Crippen LogP) is 3.72. The lowest BCUT2D eigenvalue weighted by Crippen LogP contribution is -2.27. The smallest absolute Gasteiger partial charge is 0.171 e. The molecule has 1 aromatic carbocycles. The van der Waals surface area contributed by atoms with Gasteiger partial charge in [-0.05, 0) is 25.1 Å². The standard InChI is InChI=1S/C18H19N3O2S.ClH/c1-11-19-6-7-21(11)9-12-10-24-18-16(17(12)22)14-8-13(23-3)4-5-15(14)20(18)2;/h4-8,12H,9-10H2,1-3H3;1H. The molecule has 7 heteroatoms. The number of carbonyl (C=O) groups is 1. The first-order chi connectivity index (χ1) is 11.6. The summed E-state index contributed by atoms with van der Waals surface area (Å²) in [6.45, 7) is 2.64. The molecule has 0 spiro atoms. The number of aryl methyl sites for hydroxylation is 2. The number of carbonyl (C=O) groups excluding carboxylic acids is 1. The van der Waals surface area contributed by atoms with Crippen LogP contribution < -0.4 is 4.74 Å². The molecule has 25 heavy (non-hydrogen) atoms. The number of hydrogen-bond donors (Lipinski definition) is 0. The number of halogens is 1. The summed E-state index contributed by atoms with van der Waals surface area (Å²) in [5.74, 6) is 2.70. The molecule has 0 saturated carbocycles. The Hall–Kier alpha value is -1.92. The van der Waals surface area contributed by atoms with Crippen molar-refractivity contribution >= 4 is 40.9 Å². The third-order valence-corrected chi connectivity index (χ3v) is 6.05. The van der Waals surface area contributed by atoms with Crippen LogP contribution in [0.4, 0.5) is 0 Å². The second kappa shape index (κ2) is 6.77. The fraction of sp³-hybridized carbons (Fsp3) is 0.333. The molecule has 2 aromatic heterocycles. The number of fused-ring (bicyclic) bond motifs is 3. The number of nitrogens with zero attached hydrogens (tertiary/aromatic N) is 3. The van der Waals surface area contributed by atoms with Crippen LogP contribution in [0.15, 0.2) is 35.6 Å². The second-order valence-electron chi connectivity index (χ2n) is 6.12. The fourth-order valence-electron chi connectivity index (χ4n) is 3.36. The van der Waals surface area contributed by atoms with Gasteiger partial charge in [-0.15, -0.1) is 24.2 Å². The zero-order valence-electron chi connectivity index (χ0n) is 14.4. The highest BCUT2D eigenvalue weighted by atomic mass is 35.5. The molecule has 1 unspecified atom stereocenters. The summed E-state index contributed by atoms with van der Waals surface area (Å²) >= 11 is 1.76. The summed E-state index contributed by atoms with van der Waals surface area (Å²) in [7, 11) is 3.67. The van der Waals surface area contributed by atoms with Gasteiger partial charge in [0.25, 0.3) is 0 Å². The van der Waals surface area contributed by atoms with Crippen LogP contribution in [0.5, 0.6) is 5.75 Å². The van der Waals surface area contributed by atoms with Crippen molar-refractivity contribution in [3.05, 3.63) is 42.0 Å². The zero-order chi connectivity index (χ0) is 16.8. The van der Waals surface area contributed by atoms with Crippen LogP contribution in [0.1, 0.15) is 16.2 Å². The first kappa shape index (κ1) is 17.9. The van der Waals surface area contributed by atoms with E-state index in [2.05, 4.69) is 14.1 Å². The molecule has 5 nitrogen and oxygen atoms in total. The Balaban J connectivity index is 0.00000182. The molecular weight excluding hydrogens is 358 g/mol. The largest absolute Gasteiger partial charge is 0.497 e. The highest BCUT2D eigenvalue weighted by Crippen LogP contribution is 2.40. The van der Waals surface area contributed by atoms with E-state index < -0.39 is 0 Å². The normalized spacial score (nSPS) is 16.6. The van der Waals surface area contributed by atoms with Crippen LogP contribution in [0.3, 0.4) is 0 Å². The summed E-state index contributed by atoms with van der Waals surface area (Å²) in [6, 6.07) is 5.93. The molecule has 3 heterocycles. The number of aromatic nitrogens is 3. The molecule has 0 amide bonds. The lowest BCUT2D eigenvalue weighted by molar-refractivity contribution is 0.0916. The fourth-order valence-corrected chi connectivity index (χ4v) is 4.63. The van der Waals surface area contributed by atoms with Gasteiger partial charge in [0.15, 0.2) is 5.78 Å². The van der Waals surface area contributed by atoms with Gasteiger partial charge in [0, 0.05) is 48.6 Å². The average Bonchev–Trinajstić information content (AvgIpc) is 3.12. The molecule has 1 aliphatic rings. The Labute approximate surface area is 156 Å². The van der Waals surface area contributed by atoms with E-state index in [1.807, 2.05) is 38.4 Å². The van der Waals surface area contributed by atoms with Crippen molar-refractivity contribution in [3.63, 3.8) is 0 Å². The second-order valence-corrected chi connectivity index (χ2v) is 7.13. The van der Waals surface area contributed by atoms with E-state index in [1.165, 1.54) is 0 Å². The van der Waals surface area contributed by atoms with Crippen LogP contribution in [0.2, 0.25) is 0 Å². The van der Waals surface area contributed by atoms with Gasteiger partial charge in [-0.25, -0.2) is 4.98 Å². The van der Waals surface area contributed by atoms with Crippen molar-refractivity contribution in [1.82, 2.24) is 14.1 Å². The number of methoxy groups -OCH3 is 1. The van der Waals surface area contributed by atoms with E-state index in [4.69, 9.17) is 4.74 Å². The zero-order valence-corrected chi connectivity index (χ0v) is 16.0. The van der Waals surface area contributed by atoms with Gasteiger partial charge in [0.2, 0.25) is 0 Å². The van der Waals surface area contributed by atoms with Gasteiger partial charge in [0.1, 0.15) is 11.6 Å². The maximum atomic E-state index is 13.2. The van der Waals surface area contributed by atoms with Crippen molar-refractivity contribution in [2.75, 3.05) is 12.9 Å². The topological polar surface area (TPSA) is 49.0 Å². The van der Waals surface area contributed by atoms with E-state index >= 15 is 0 Å². The van der Waals surface area contributed by atoms with E-state index in [1.54, 1.807) is 25.1 Å². The van der Waals surface area contributed by atoms with E-state index in [0.717, 1.165) is 38.8 Å². The molecule has 0 bridgehead atoms. The first-order valence-electron chi connectivity index (χ1n) is 7.91. The molecule has 0 saturated heterocycles. The molecule has 1 aliphatic heterocycles. The van der Waals surface area contributed by atoms with Gasteiger partial charge in [-0.1, -0.05) is 0 Å². The summed E-state index contributed by atoms with van der Waals surface area (Å²) < 4.78 is 9.52. The Morgan fingerprint density at radius 1 is 1.40 bits per heavy atom. The number of Topliss-reactive ketones (excluding diaryl/α,β-unsaturated/α-hetero) is 1. The van der Waals surface area contributed by atoms with Crippen molar-refractivity contribution in [1.29, 1.82) is 0 Å². The van der Waals surface area contributed by atoms with Crippen LogP contribution in [-0.4, -0.2) is 32.8 Å². The summed E-state index contributed by atoms with van der Waals surface area (Å²) in [6.07, 6.45) is 3.72. The van der Waals surface area contributed by atoms with Crippen LogP contribution >= 0.6 is 24.2 Å². The van der Waals surface area contributed by atoms with Gasteiger partial charge >= 0.3 is 0 Å². The Morgan fingerprint density at radius 3 is 2.88 bits per heavy atom. The van der Waals surface area contributed by atoms with Crippen LogP contribution in [0, 0.1) is 12.8 Å². The number of hydrogen-bond acceptors (Lipinski definition) is 4. The minimum absolute atomic E-state index is 0. The van der Waals surface area contributed by atoms with Gasteiger partial charge in [-0.2, -0.15) is 0 Å². The summed E-state index contributed by atoms with van der Waals surface area (Å²) in [4.78, 5) is 17.4. The molecular formula is C18H20ClN3O2S. The van der Waals surface area contributed by atoms with Crippen molar-refractivity contribution in [2.45, 2.75) is 18.5 Å². The Bertz CT molecular complexity index is 947. The van der Waals surface area contributed by atoms with Crippen LogP contribution in [0.25, 0.3) is 10.9 Å². The molecule has 3 aromatic rings. The first-order valence-corrected chi connectivity index (χ1v) is 8.90. The lowest BCUT2D eigenvalue weighted by atomic mass is 9.98. The quantitative estimate of drug-likeness (QED) is 0.698. The molecule has 0 aliphatic carbocycles. The van der Waals surface area contributed by atoms with Crippen molar-refractivity contribution in [3.8, 4) is 5.75 Å². The Kier molecular flexibility index (Phi) is 4.84. The monoisotopic (exact) mass is 377 g/mol. The van der Waals surface area contributed by atoms with Gasteiger partial charge < -0.3 is 13.9 Å². The number of rotatable bonds is 3. The van der Waals surface area contributed by atoms with Gasteiger partial charge in [0.05, 0.1) is 17.7 Å². The summed E-state index contributed by atoms with van der Waals surface area (Å²) in [5, 5.41) is 2.04. The third kappa shape index (κ3) is 2.83. The average molecular weight is 378 g/mol. The van der Waals surface area contributed by atoms with E-state index in [0.29, 0.717) is 6.54 Å². The highest BCUT2D eigenvalue weighted by molar-refractivity contribution is 7.99. The molecule has 0 fully saturated rings. The molecule has 4 rings (SSSR count). The predicted molar refractivity (Wildman–Crippen MR) is 102 cm³/mol. The van der Waals surface area contributed by atoms with Crippen molar-refractivity contribution < 1.29 is 9.53 Å². The van der Waals surface area contributed by atoms with E-state index in [9.17, 15) is 4.79 Å². The Morgan fingerprint density at radius 2 is 2.20 bits per heavy atom. The minimum atomic E-state index is -0.0350. The van der Waals surface area contributed by atoms with Crippen molar-refractivity contribution in [2.24, 2.45) is 13.0 Å². The molecule has 0 N–H and O–H groups in total. The summed E-state index contributed by atoms with van der Waals surface area (Å²) in [5.41, 5.74) is 1.91. The number of ketones is 1. The highest BCUT2D eigenvalue weighted by Gasteiger charge is 2.33. The number of ether oxygens (including phenoxy) is 1. The molecule has 132 valence electrons. The number of thioether (sulfide) groups is 1. The maximum absolute atomic E-state index is 13.2. The molecule has 1 atom stereocenters. The third-order valence-electron chi connectivity index (χ3n) is 4.73. The number of imidazole rings is 1. The molecule has 0 radical (unpaired) electrons. The number of benzene rings is 1. The van der Waals surface area contributed by atoms with Crippen LogP contribution in [-0.2, 0) is 13.6 Å². The van der Waals surface area contributed by atoms with E-state index in [-0.39, 0.29) is 24.1 Å². The SMILES string of the molecule is COc1ccc2c(c1)c1c(n2C)SCC(Cn2ccnc2C)C1=O.Cl. The lowest BCUT2D eigenvalue weighted by Gasteiger charge is -2.22. The van der Waals surface area contributed by atoms with Gasteiger partial charge in [-0.3, -0.25) is 4.79 Å².